The number of benzene rings is 2. The van der Waals surface area contributed by atoms with Gasteiger partial charge in [0, 0.05) is 18.1 Å². The second kappa shape index (κ2) is 7.78. The summed E-state index contributed by atoms with van der Waals surface area (Å²) in [6, 6.07) is 7.58. The van der Waals surface area contributed by atoms with E-state index in [2.05, 4.69) is 40.0 Å². The highest BCUT2D eigenvalue weighted by Crippen LogP contribution is 2.40. The Balaban J connectivity index is 2.00. The highest BCUT2D eigenvalue weighted by Gasteiger charge is 2.26. The molecule has 1 aromatic heterocycles. The molecule has 1 aliphatic heterocycles. The van der Waals surface area contributed by atoms with Crippen LogP contribution in [0.4, 0.5) is 4.39 Å². The van der Waals surface area contributed by atoms with E-state index in [1.54, 1.807) is 20.3 Å². The first-order chi connectivity index (χ1) is 14.0. The van der Waals surface area contributed by atoms with Gasteiger partial charge in [0.25, 0.3) is 0 Å². The van der Waals surface area contributed by atoms with Crippen LogP contribution < -0.4 is 9.47 Å². The Bertz CT molecular complexity index is 1080. The topological polar surface area (TPSA) is 49.2 Å². The molecule has 0 spiro atoms. The van der Waals surface area contributed by atoms with Crippen LogP contribution in [0.5, 0.6) is 11.5 Å². The molecule has 3 aromatic rings. The Morgan fingerprint density at radius 1 is 1.07 bits per heavy atom. The Kier molecular flexibility index (Phi) is 5.34. The monoisotopic (exact) mass is 459 g/mol. The first-order valence-corrected chi connectivity index (χ1v) is 10.4. The minimum atomic E-state index is -0.223. The van der Waals surface area contributed by atoms with Gasteiger partial charge in [0.15, 0.2) is 5.82 Å². The van der Waals surface area contributed by atoms with Crippen LogP contribution in [0, 0.1) is 5.82 Å². The normalized spacial score (nSPS) is 13.1. The van der Waals surface area contributed by atoms with Crippen LogP contribution in [-0.4, -0.2) is 29.0 Å². The van der Waals surface area contributed by atoms with Gasteiger partial charge in [0.05, 0.1) is 29.9 Å². The molecule has 2 heterocycles. The van der Waals surface area contributed by atoms with E-state index >= 15 is 0 Å². The lowest BCUT2D eigenvalue weighted by atomic mass is 9.98. The van der Waals surface area contributed by atoms with E-state index in [1.807, 2.05) is 22.8 Å². The summed E-state index contributed by atoms with van der Waals surface area (Å²) < 4.78 is 28.5. The first-order valence-electron chi connectivity index (χ1n) is 9.64. The number of ether oxygens (including phenoxy) is 2. The molecular formula is C22H23BrFN3O2. The highest BCUT2D eigenvalue weighted by molar-refractivity contribution is 9.10. The van der Waals surface area contributed by atoms with Crippen molar-refractivity contribution in [3.05, 3.63) is 51.5 Å². The third-order valence-corrected chi connectivity index (χ3v) is 6.00. The maximum atomic E-state index is 14.9. The third-order valence-electron chi connectivity index (χ3n) is 5.38. The summed E-state index contributed by atoms with van der Waals surface area (Å²) in [5, 5.41) is 8.91. The number of methoxy groups -OCH3 is 2. The van der Waals surface area contributed by atoms with Gasteiger partial charge in [-0.05, 0) is 58.5 Å². The lowest BCUT2D eigenvalue weighted by Crippen LogP contribution is -2.06. The zero-order valence-electron chi connectivity index (χ0n) is 16.9. The van der Waals surface area contributed by atoms with Crippen molar-refractivity contribution >= 4 is 15.9 Å². The van der Waals surface area contributed by atoms with Gasteiger partial charge in [-0.2, -0.15) is 0 Å². The average molecular weight is 460 g/mol. The quantitative estimate of drug-likeness (QED) is 0.519. The fourth-order valence-electron chi connectivity index (χ4n) is 3.91. The van der Waals surface area contributed by atoms with Crippen molar-refractivity contribution in [1.82, 2.24) is 14.8 Å². The molecule has 0 bridgehead atoms. The number of hydrogen-bond donors (Lipinski definition) is 0. The van der Waals surface area contributed by atoms with Gasteiger partial charge in [-0.1, -0.05) is 13.8 Å². The SMILES string of the molecule is COc1cc(OC)c(C(C)C)cc1-c1nnc2n1-c1ccc(Br)c(F)c1CCC2. The predicted molar refractivity (Wildman–Crippen MR) is 114 cm³/mol. The van der Waals surface area contributed by atoms with E-state index in [0.29, 0.717) is 28.0 Å². The van der Waals surface area contributed by atoms with Crippen molar-refractivity contribution in [2.24, 2.45) is 0 Å². The molecule has 29 heavy (non-hydrogen) atoms. The summed E-state index contributed by atoms with van der Waals surface area (Å²) in [4.78, 5) is 0. The Hall–Kier alpha value is -2.41. The Morgan fingerprint density at radius 2 is 1.83 bits per heavy atom. The van der Waals surface area contributed by atoms with Crippen LogP contribution in [0.2, 0.25) is 0 Å². The van der Waals surface area contributed by atoms with E-state index in [1.165, 1.54) is 0 Å². The maximum absolute atomic E-state index is 14.9. The lowest BCUT2D eigenvalue weighted by Gasteiger charge is -2.18. The molecule has 0 saturated carbocycles. The van der Waals surface area contributed by atoms with Gasteiger partial charge in [-0.25, -0.2) is 4.39 Å². The minimum Gasteiger partial charge on any atom is -0.496 e. The number of aryl methyl sites for hydroxylation is 1. The van der Waals surface area contributed by atoms with E-state index in [-0.39, 0.29) is 11.7 Å². The Morgan fingerprint density at radius 3 is 2.52 bits per heavy atom. The number of nitrogens with zero attached hydrogens (tertiary/aromatic N) is 3. The molecule has 1 aliphatic rings. The van der Waals surface area contributed by atoms with Gasteiger partial charge in [-0.15, -0.1) is 10.2 Å². The fourth-order valence-corrected chi connectivity index (χ4v) is 4.28. The van der Waals surface area contributed by atoms with Crippen LogP contribution in [0.3, 0.4) is 0 Å². The molecule has 5 nitrogen and oxygen atoms in total. The molecule has 0 aliphatic carbocycles. The molecule has 2 aromatic carbocycles. The summed E-state index contributed by atoms with van der Waals surface area (Å²) in [5.74, 6) is 2.91. The van der Waals surface area contributed by atoms with E-state index in [4.69, 9.17) is 9.47 Å². The molecule has 0 saturated heterocycles. The van der Waals surface area contributed by atoms with Gasteiger partial charge in [-0.3, -0.25) is 4.57 Å². The summed E-state index contributed by atoms with van der Waals surface area (Å²) in [6.45, 7) is 4.22. The summed E-state index contributed by atoms with van der Waals surface area (Å²) in [5.41, 5.74) is 3.32. The molecule has 0 amide bonds. The standard InChI is InChI=1S/C22H23BrFN3O2/c1-12(2)14-10-15(19(29-4)11-18(14)28-3)22-26-25-20-7-5-6-13-17(27(20)22)9-8-16(23)21(13)24/h8-12H,5-7H2,1-4H3. The maximum Gasteiger partial charge on any atom is 0.172 e. The molecular weight excluding hydrogens is 437 g/mol. The van der Waals surface area contributed by atoms with Crippen LogP contribution in [-0.2, 0) is 12.8 Å². The minimum absolute atomic E-state index is 0.223. The number of fused-ring (bicyclic) bond motifs is 3. The molecule has 0 atom stereocenters. The van der Waals surface area contributed by atoms with Crippen LogP contribution in [0.15, 0.2) is 28.7 Å². The number of aromatic nitrogens is 3. The van der Waals surface area contributed by atoms with Gasteiger partial charge >= 0.3 is 0 Å². The van der Waals surface area contributed by atoms with Crippen LogP contribution in [0.25, 0.3) is 17.1 Å². The first kappa shape index (κ1) is 19.9. The molecule has 0 radical (unpaired) electrons. The van der Waals surface area contributed by atoms with Crippen LogP contribution >= 0.6 is 15.9 Å². The highest BCUT2D eigenvalue weighted by atomic mass is 79.9. The average Bonchev–Trinajstić information content (AvgIpc) is 3.04. The largest absolute Gasteiger partial charge is 0.496 e. The smallest absolute Gasteiger partial charge is 0.172 e. The number of hydrogen-bond acceptors (Lipinski definition) is 4. The molecule has 152 valence electrons. The van der Waals surface area contributed by atoms with E-state index < -0.39 is 0 Å². The number of rotatable bonds is 4. The van der Waals surface area contributed by atoms with Gasteiger partial charge in [0.1, 0.15) is 23.1 Å². The summed E-state index contributed by atoms with van der Waals surface area (Å²) in [7, 11) is 3.28. The molecule has 0 fully saturated rings. The van der Waals surface area contributed by atoms with Crippen molar-refractivity contribution in [3.8, 4) is 28.6 Å². The molecule has 0 unspecified atom stereocenters. The predicted octanol–water partition coefficient (Wildman–Crippen LogP) is 5.47. The van der Waals surface area contributed by atoms with Crippen molar-refractivity contribution in [1.29, 1.82) is 0 Å². The number of halogens is 2. The van der Waals surface area contributed by atoms with Crippen molar-refractivity contribution < 1.29 is 13.9 Å². The van der Waals surface area contributed by atoms with Gasteiger partial charge in [0.2, 0.25) is 0 Å². The van der Waals surface area contributed by atoms with E-state index in [9.17, 15) is 4.39 Å². The molecule has 4 rings (SSSR count). The van der Waals surface area contributed by atoms with Crippen molar-refractivity contribution in [2.75, 3.05) is 14.2 Å². The third kappa shape index (κ3) is 3.31. The van der Waals surface area contributed by atoms with Crippen LogP contribution in [0.1, 0.15) is 43.1 Å². The summed E-state index contributed by atoms with van der Waals surface area (Å²) in [6.07, 6.45) is 2.20. The zero-order chi connectivity index (χ0) is 20.7. The second-order valence-electron chi connectivity index (χ2n) is 7.44. The van der Waals surface area contributed by atoms with Crippen molar-refractivity contribution in [3.63, 3.8) is 0 Å². The molecule has 7 heteroatoms. The van der Waals surface area contributed by atoms with Crippen molar-refractivity contribution in [2.45, 2.75) is 39.0 Å². The summed E-state index contributed by atoms with van der Waals surface area (Å²) >= 11 is 3.31. The second-order valence-corrected chi connectivity index (χ2v) is 8.29. The van der Waals surface area contributed by atoms with Gasteiger partial charge < -0.3 is 9.47 Å². The zero-order valence-corrected chi connectivity index (χ0v) is 18.5. The fraction of sp³-hybridized carbons (Fsp3) is 0.364. The lowest BCUT2D eigenvalue weighted by molar-refractivity contribution is 0.390. The molecule has 0 N–H and O–H groups in total. The van der Waals surface area contributed by atoms with E-state index in [0.717, 1.165) is 41.2 Å². The Labute approximate surface area is 178 Å².